The fourth-order valence-corrected chi connectivity index (χ4v) is 9.07. The van der Waals surface area contributed by atoms with Crippen molar-refractivity contribution in [1.29, 1.82) is 0 Å². The summed E-state index contributed by atoms with van der Waals surface area (Å²) >= 11 is 0. The van der Waals surface area contributed by atoms with Crippen LogP contribution in [0.4, 0.5) is 0 Å². The van der Waals surface area contributed by atoms with E-state index in [9.17, 15) is 0 Å². The summed E-state index contributed by atoms with van der Waals surface area (Å²) in [4.78, 5) is 5.02. The number of aryl methyl sites for hydroxylation is 3. The van der Waals surface area contributed by atoms with E-state index in [-0.39, 0.29) is 32.4 Å². The number of ether oxygens (including phenoxy) is 1. The molecule has 0 N–H and O–H groups in total. The summed E-state index contributed by atoms with van der Waals surface area (Å²) in [6, 6.07) is 52.2. The number of rotatable bonds is 7. The van der Waals surface area contributed by atoms with Crippen LogP contribution < -0.4 is 4.74 Å². The van der Waals surface area contributed by atoms with Crippen LogP contribution in [-0.2, 0) is 26.5 Å². The second-order valence-electron chi connectivity index (χ2n) is 17.3. The maximum atomic E-state index is 6.79. The topological polar surface area (TPSA) is 49.8 Å². The molecule has 0 unspecified atom stereocenters. The molecule has 4 aromatic heterocycles. The van der Waals surface area contributed by atoms with Gasteiger partial charge in [-0.05, 0) is 66.6 Å². The first-order chi connectivity index (χ1) is 29.0. The molecule has 0 aliphatic carbocycles. The van der Waals surface area contributed by atoms with Crippen LogP contribution in [0.15, 0.2) is 134 Å². The van der Waals surface area contributed by atoms with Gasteiger partial charge in [-0.15, -0.1) is 41.3 Å². The van der Waals surface area contributed by atoms with Gasteiger partial charge in [0.15, 0.2) is 0 Å². The summed E-state index contributed by atoms with van der Waals surface area (Å²) in [6.07, 6.45) is 1.92. The summed E-state index contributed by atoms with van der Waals surface area (Å²) in [5.74, 6) is 2.26. The fourth-order valence-electron chi connectivity index (χ4n) is 9.07. The molecule has 10 aromatic rings. The number of benzene rings is 6. The van der Waals surface area contributed by atoms with Crippen LogP contribution in [-0.4, -0.2) is 23.9 Å². The molecule has 7 heteroatoms. The van der Waals surface area contributed by atoms with E-state index in [1.807, 2.05) is 12.3 Å². The maximum absolute atomic E-state index is 6.79. The molecule has 0 spiro atoms. The number of fused-ring (bicyclic) bond motifs is 6. The van der Waals surface area contributed by atoms with Crippen LogP contribution in [0.3, 0.4) is 0 Å². The molecule has 0 bridgehead atoms. The first-order valence-electron chi connectivity index (χ1n) is 20.8. The Morgan fingerprint density at radius 2 is 1.31 bits per heavy atom. The molecule has 10 rings (SSSR count). The summed E-state index contributed by atoms with van der Waals surface area (Å²) in [5, 5.41) is 9.85. The van der Waals surface area contributed by atoms with Gasteiger partial charge >= 0.3 is 21.1 Å². The SMILES string of the molecule is Cc1nn(-c2[c-]c(Oc3[c-]c4c(cc3)c3ccccc3n4-c3cc(-n4c5c(C)cccc5c5cccc(C)c54)ccn3)cc(C(C)C)c2)c(C(C)(C)C)c1-c1ccccc1.[Pt+2]. The number of hydrogen-bond acceptors (Lipinski definition) is 3. The van der Waals surface area contributed by atoms with Crippen LogP contribution in [0.2, 0.25) is 0 Å². The molecule has 0 fully saturated rings. The number of para-hydroxylation sites is 3. The van der Waals surface area contributed by atoms with E-state index in [0.717, 1.165) is 67.1 Å². The maximum Gasteiger partial charge on any atom is 2.00 e. The molecule has 0 radical (unpaired) electrons. The molecule has 0 aliphatic rings. The van der Waals surface area contributed by atoms with Crippen molar-refractivity contribution >= 4 is 43.6 Å². The molecule has 0 amide bonds. The van der Waals surface area contributed by atoms with Crippen LogP contribution in [0, 0.1) is 32.9 Å². The van der Waals surface area contributed by atoms with E-state index in [0.29, 0.717) is 11.5 Å². The van der Waals surface area contributed by atoms with E-state index in [2.05, 4.69) is 203 Å². The van der Waals surface area contributed by atoms with E-state index in [1.54, 1.807) is 0 Å². The average molecular weight is 977 g/mol. The summed E-state index contributed by atoms with van der Waals surface area (Å²) in [6.45, 7) is 17.6. The van der Waals surface area contributed by atoms with E-state index in [1.165, 1.54) is 32.9 Å². The molecule has 0 aliphatic heterocycles. The quantitative estimate of drug-likeness (QED) is 0.150. The van der Waals surface area contributed by atoms with Crippen molar-refractivity contribution in [2.75, 3.05) is 0 Å². The zero-order valence-corrected chi connectivity index (χ0v) is 38.0. The van der Waals surface area contributed by atoms with Crippen LogP contribution in [0.5, 0.6) is 11.5 Å². The van der Waals surface area contributed by atoms with Gasteiger partial charge in [-0.1, -0.05) is 125 Å². The van der Waals surface area contributed by atoms with Gasteiger partial charge in [0.2, 0.25) is 0 Å². The molecule has 61 heavy (non-hydrogen) atoms. The molecule has 0 atom stereocenters. The molecule has 6 aromatic carbocycles. The van der Waals surface area contributed by atoms with E-state index < -0.39 is 0 Å². The van der Waals surface area contributed by atoms with Crippen molar-refractivity contribution < 1.29 is 25.8 Å². The monoisotopic (exact) mass is 976 g/mol. The third kappa shape index (κ3) is 6.78. The Kier molecular flexibility index (Phi) is 10.1. The van der Waals surface area contributed by atoms with Crippen molar-refractivity contribution in [3.05, 3.63) is 174 Å². The van der Waals surface area contributed by atoms with Gasteiger partial charge < -0.3 is 13.9 Å². The molecule has 0 saturated heterocycles. The molecule has 0 saturated carbocycles. The minimum Gasteiger partial charge on any atom is -0.509 e. The first kappa shape index (κ1) is 40.2. The molecule has 6 nitrogen and oxygen atoms in total. The zero-order chi connectivity index (χ0) is 41.4. The van der Waals surface area contributed by atoms with Gasteiger partial charge in [0.1, 0.15) is 5.82 Å². The molecular weight excluding hydrogens is 930 g/mol. The Morgan fingerprint density at radius 3 is 2.00 bits per heavy atom. The third-order valence-electron chi connectivity index (χ3n) is 11.8. The summed E-state index contributed by atoms with van der Waals surface area (Å²) < 4.78 is 13.5. The minimum absolute atomic E-state index is 0. The smallest absolute Gasteiger partial charge is 0.509 e. The minimum atomic E-state index is -0.202. The summed E-state index contributed by atoms with van der Waals surface area (Å²) in [5.41, 5.74) is 14.1. The Morgan fingerprint density at radius 1 is 0.639 bits per heavy atom. The number of pyridine rings is 1. The van der Waals surface area contributed by atoms with Crippen LogP contribution in [0.25, 0.3) is 71.9 Å². The Labute approximate surface area is 371 Å². The van der Waals surface area contributed by atoms with Gasteiger partial charge in [0.25, 0.3) is 0 Å². The van der Waals surface area contributed by atoms with E-state index in [4.69, 9.17) is 14.8 Å². The first-order valence-corrected chi connectivity index (χ1v) is 20.8. The number of hydrogen-bond donors (Lipinski definition) is 0. The van der Waals surface area contributed by atoms with Gasteiger partial charge in [-0.2, -0.15) is 11.2 Å². The predicted molar refractivity (Wildman–Crippen MR) is 247 cm³/mol. The fraction of sp³-hybridized carbons (Fsp3) is 0.185. The van der Waals surface area contributed by atoms with Crippen LogP contribution in [0.1, 0.15) is 68.6 Å². The summed E-state index contributed by atoms with van der Waals surface area (Å²) in [7, 11) is 0. The average Bonchev–Trinajstić information content (AvgIpc) is 3.89. The Bertz CT molecular complexity index is 3230. The van der Waals surface area contributed by atoms with Crippen LogP contribution >= 0.6 is 0 Å². The Balaban J connectivity index is 0.00000476. The van der Waals surface area contributed by atoms with E-state index >= 15 is 0 Å². The van der Waals surface area contributed by atoms with Gasteiger partial charge in [0.05, 0.1) is 28.1 Å². The van der Waals surface area contributed by atoms with Crippen molar-refractivity contribution in [2.24, 2.45) is 0 Å². The van der Waals surface area contributed by atoms with Crippen molar-refractivity contribution in [2.45, 2.75) is 66.7 Å². The van der Waals surface area contributed by atoms with Gasteiger partial charge in [-0.25, -0.2) is 4.98 Å². The van der Waals surface area contributed by atoms with Crippen molar-refractivity contribution in [3.63, 3.8) is 0 Å². The third-order valence-corrected chi connectivity index (χ3v) is 11.8. The molecule has 4 heterocycles. The predicted octanol–water partition coefficient (Wildman–Crippen LogP) is 13.9. The van der Waals surface area contributed by atoms with Gasteiger partial charge in [-0.3, -0.25) is 4.68 Å². The number of nitrogens with zero attached hydrogens (tertiary/aromatic N) is 5. The van der Waals surface area contributed by atoms with Gasteiger partial charge in [0, 0.05) is 51.0 Å². The zero-order valence-electron chi connectivity index (χ0n) is 35.7. The Hall–Kier alpha value is -6.23. The second kappa shape index (κ2) is 15.3. The molecule has 304 valence electrons. The second-order valence-corrected chi connectivity index (χ2v) is 17.3. The molecular formula is C54H47N5OPt. The standard InChI is InChI=1S/C54H47N5O.Pt/c1-33(2)38-28-40(59-53(54(6,7)8)50(36(5)56-59)37-18-10-9-11-19-37)30-42(29-38)60-41-24-25-44-43-20-12-13-23-47(43)58(48(44)32-41)49-31-39(26-27-55-49)57-51-34(3)16-14-21-45(51)46-22-15-17-35(4)52(46)57;/h9-29,31,33H,1-8H3;/q-2;+2. The largest absolute Gasteiger partial charge is 2.00 e. The van der Waals surface area contributed by atoms with Crippen molar-refractivity contribution in [3.8, 4) is 39.8 Å². The normalized spacial score (nSPS) is 12.0. The number of aromatic nitrogens is 5. The van der Waals surface area contributed by atoms with Crippen molar-refractivity contribution in [1.82, 2.24) is 23.9 Å².